The number of ketones is 1. The van der Waals surface area contributed by atoms with Crippen LogP contribution in [0.3, 0.4) is 0 Å². The number of hydrogen-bond donors (Lipinski definition) is 3. The summed E-state index contributed by atoms with van der Waals surface area (Å²) in [6.07, 6.45) is 3.38. The molecule has 1 aliphatic rings. The molecule has 1 unspecified atom stereocenters. The number of rotatable bonds is 5. The number of carboxylic acid groups (broad SMARTS) is 1. The topological polar surface area (TPSA) is 121 Å². The van der Waals surface area contributed by atoms with Gasteiger partial charge >= 0.3 is 5.97 Å². The molecule has 0 fully saturated rings. The molecule has 38 heavy (non-hydrogen) atoms. The zero-order chi connectivity index (χ0) is 27.6. The molecule has 2 aromatic carbocycles. The number of amides is 1. The fourth-order valence-corrected chi connectivity index (χ4v) is 4.03. The number of carbonyl (C=O) groups is 3. The number of carbonyl (C=O) groups excluding carboxylic acids is 2. The van der Waals surface area contributed by atoms with Crippen molar-refractivity contribution in [3.05, 3.63) is 94.8 Å². The van der Waals surface area contributed by atoms with Crippen LogP contribution in [0.1, 0.15) is 65.2 Å². The van der Waals surface area contributed by atoms with Gasteiger partial charge in [-0.15, -0.1) is 0 Å². The van der Waals surface area contributed by atoms with Crippen LogP contribution in [0, 0.1) is 12.8 Å². The first-order valence-electron chi connectivity index (χ1n) is 12.3. The summed E-state index contributed by atoms with van der Waals surface area (Å²) < 4.78 is 0. The van der Waals surface area contributed by atoms with E-state index in [9.17, 15) is 14.4 Å². The maximum absolute atomic E-state index is 12.9. The third-order valence-electron chi connectivity index (χ3n) is 6.33. The Balaban J connectivity index is 1.58. The van der Waals surface area contributed by atoms with Crippen LogP contribution in [-0.4, -0.2) is 33.6 Å². The van der Waals surface area contributed by atoms with Crippen molar-refractivity contribution in [3.8, 4) is 0 Å². The molecular weight excluding hydrogens is 480 g/mol. The number of carboxylic acids is 1. The van der Waals surface area contributed by atoms with Crippen molar-refractivity contribution in [2.75, 3.05) is 10.6 Å². The van der Waals surface area contributed by atoms with Gasteiger partial charge in [0, 0.05) is 40.2 Å². The van der Waals surface area contributed by atoms with E-state index < -0.39 is 11.9 Å². The normalized spacial score (nSPS) is 15.4. The van der Waals surface area contributed by atoms with Gasteiger partial charge in [0.1, 0.15) is 0 Å². The van der Waals surface area contributed by atoms with Crippen LogP contribution in [0.2, 0.25) is 0 Å². The van der Waals surface area contributed by atoms with E-state index in [4.69, 9.17) is 5.11 Å². The third kappa shape index (κ3) is 5.70. The first-order chi connectivity index (χ1) is 17.9. The van der Waals surface area contributed by atoms with E-state index in [1.165, 1.54) is 12.1 Å². The summed E-state index contributed by atoms with van der Waals surface area (Å²) in [7, 11) is 0. The standard InChI is InChI=1S/C30H30N4O4/c1-17-15-24(33-27(26(17)35)32-21-12-9-19(10-13-21)29(37)38)22-7-6-8-23(18(22)2)34-28(36)20-11-14-25(31-16-20)30(3,4)5/h6-17H,1-5H3,(H,32,33)(H,34,36)(H,37,38). The van der Waals surface area contributed by atoms with Gasteiger partial charge < -0.3 is 15.7 Å². The van der Waals surface area contributed by atoms with Crippen molar-refractivity contribution in [1.29, 1.82) is 0 Å². The first kappa shape index (κ1) is 26.5. The fourth-order valence-electron chi connectivity index (χ4n) is 4.03. The highest BCUT2D eigenvalue weighted by Gasteiger charge is 2.25. The highest BCUT2D eigenvalue weighted by atomic mass is 16.4. The molecule has 3 aromatic rings. The lowest BCUT2D eigenvalue weighted by Gasteiger charge is -2.20. The van der Waals surface area contributed by atoms with E-state index in [2.05, 4.69) is 41.4 Å². The number of anilines is 2. The molecule has 1 atom stereocenters. The minimum Gasteiger partial charge on any atom is -0.478 e. The number of benzene rings is 2. The van der Waals surface area contributed by atoms with E-state index in [1.54, 1.807) is 37.4 Å². The molecular formula is C30H30N4O4. The maximum atomic E-state index is 12.9. The Morgan fingerprint density at radius 2 is 1.66 bits per heavy atom. The van der Waals surface area contributed by atoms with Crippen LogP contribution in [0.15, 0.2) is 71.9 Å². The third-order valence-corrected chi connectivity index (χ3v) is 6.33. The van der Waals surface area contributed by atoms with Crippen LogP contribution < -0.4 is 10.6 Å². The second-order valence-corrected chi connectivity index (χ2v) is 10.3. The molecule has 1 amide bonds. The zero-order valence-electron chi connectivity index (χ0n) is 22.0. The number of aromatic carboxylic acids is 1. The van der Waals surface area contributed by atoms with Gasteiger partial charge in [-0.3, -0.25) is 14.6 Å². The summed E-state index contributed by atoms with van der Waals surface area (Å²) in [6, 6.07) is 15.3. The number of pyridine rings is 1. The van der Waals surface area contributed by atoms with Gasteiger partial charge in [-0.1, -0.05) is 39.8 Å². The monoisotopic (exact) mass is 510 g/mol. The molecule has 8 nitrogen and oxygen atoms in total. The van der Waals surface area contributed by atoms with Crippen molar-refractivity contribution >= 4 is 40.6 Å². The lowest BCUT2D eigenvalue weighted by Crippen LogP contribution is -2.30. The van der Waals surface area contributed by atoms with E-state index in [-0.39, 0.29) is 28.5 Å². The minimum atomic E-state index is -1.03. The van der Waals surface area contributed by atoms with Gasteiger partial charge in [0.15, 0.2) is 5.84 Å². The number of hydrogen-bond acceptors (Lipinski definition) is 6. The van der Waals surface area contributed by atoms with Gasteiger partial charge in [0.2, 0.25) is 5.78 Å². The number of nitrogens with zero attached hydrogens (tertiary/aromatic N) is 2. The highest BCUT2D eigenvalue weighted by molar-refractivity contribution is 6.45. The Kier molecular flexibility index (Phi) is 7.26. The largest absolute Gasteiger partial charge is 0.478 e. The molecule has 194 valence electrons. The predicted molar refractivity (Wildman–Crippen MR) is 149 cm³/mol. The van der Waals surface area contributed by atoms with Crippen molar-refractivity contribution in [2.45, 2.75) is 40.0 Å². The number of Topliss-reactive ketones (excluding diaryl/α,β-unsaturated/α-hetero) is 1. The quantitative estimate of drug-likeness (QED) is 0.404. The van der Waals surface area contributed by atoms with Crippen LogP contribution in [0.25, 0.3) is 5.70 Å². The lowest BCUT2D eigenvalue weighted by atomic mass is 9.91. The SMILES string of the molecule is Cc1c(NC(=O)c2ccc(C(C)(C)C)nc2)cccc1C1=CC(C)C(=O)C(Nc2ccc(C(=O)O)cc2)=N1. The summed E-state index contributed by atoms with van der Waals surface area (Å²) in [5, 5.41) is 15.1. The average molecular weight is 511 g/mol. The van der Waals surface area contributed by atoms with E-state index in [0.717, 1.165) is 16.8 Å². The second kappa shape index (κ2) is 10.4. The van der Waals surface area contributed by atoms with E-state index in [0.29, 0.717) is 22.6 Å². The summed E-state index contributed by atoms with van der Waals surface area (Å²) in [5.41, 5.74) is 4.78. The van der Waals surface area contributed by atoms with Gasteiger partial charge in [0.25, 0.3) is 5.91 Å². The molecule has 0 radical (unpaired) electrons. The Labute approximate surface area is 221 Å². The number of amidine groups is 1. The predicted octanol–water partition coefficient (Wildman–Crippen LogP) is 5.71. The Morgan fingerprint density at radius 3 is 2.26 bits per heavy atom. The maximum Gasteiger partial charge on any atom is 0.335 e. The summed E-state index contributed by atoms with van der Waals surface area (Å²) >= 11 is 0. The molecule has 0 aliphatic carbocycles. The van der Waals surface area contributed by atoms with Crippen LogP contribution >= 0.6 is 0 Å². The Hall–Kier alpha value is -4.59. The van der Waals surface area contributed by atoms with Crippen molar-refractivity contribution < 1.29 is 19.5 Å². The van der Waals surface area contributed by atoms with Gasteiger partial charge in [-0.05, 0) is 61.0 Å². The molecule has 0 bridgehead atoms. The van der Waals surface area contributed by atoms with E-state index in [1.807, 2.05) is 31.2 Å². The van der Waals surface area contributed by atoms with Gasteiger partial charge in [-0.25, -0.2) is 9.79 Å². The fraction of sp³-hybridized carbons (Fsp3) is 0.233. The Morgan fingerprint density at radius 1 is 0.974 bits per heavy atom. The summed E-state index contributed by atoms with van der Waals surface area (Å²) in [4.78, 5) is 45.9. The Bertz CT molecular complexity index is 1460. The molecule has 1 aliphatic heterocycles. The van der Waals surface area contributed by atoms with E-state index >= 15 is 0 Å². The van der Waals surface area contributed by atoms with Crippen molar-refractivity contribution in [2.24, 2.45) is 10.9 Å². The molecule has 0 saturated carbocycles. The molecule has 0 saturated heterocycles. The van der Waals surface area contributed by atoms with Crippen molar-refractivity contribution in [3.63, 3.8) is 0 Å². The summed E-state index contributed by atoms with van der Waals surface area (Å²) in [6.45, 7) is 9.88. The smallest absolute Gasteiger partial charge is 0.335 e. The van der Waals surface area contributed by atoms with Crippen LogP contribution in [-0.2, 0) is 10.2 Å². The number of nitrogens with one attached hydrogen (secondary N) is 2. The minimum absolute atomic E-state index is 0.109. The molecule has 8 heteroatoms. The number of aliphatic imine (C=N–C) groups is 1. The molecule has 0 spiro atoms. The average Bonchev–Trinajstić information content (AvgIpc) is 2.87. The first-order valence-corrected chi connectivity index (χ1v) is 12.3. The zero-order valence-corrected chi connectivity index (χ0v) is 22.0. The molecule has 4 rings (SSSR count). The van der Waals surface area contributed by atoms with Crippen LogP contribution in [0.4, 0.5) is 11.4 Å². The van der Waals surface area contributed by atoms with Gasteiger partial charge in [-0.2, -0.15) is 0 Å². The highest BCUT2D eigenvalue weighted by Crippen LogP contribution is 2.30. The lowest BCUT2D eigenvalue weighted by molar-refractivity contribution is -0.114. The summed E-state index contributed by atoms with van der Waals surface area (Å²) in [5.74, 6) is -1.73. The molecule has 3 N–H and O–H groups in total. The van der Waals surface area contributed by atoms with Gasteiger partial charge in [0.05, 0.1) is 16.8 Å². The molecule has 1 aromatic heterocycles. The number of allylic oxidation sites excluding steroid dienone is 1. The molecule has 2 heterocycles. The van der Waals surface area contributed by atoms with Crippen molar-refractivity contribution in [1.82, 2.24) is 4.98 Å². The second-order valence-electron chi connectivity index (χ2n) is 10.3. The van der Waals surface area contributed by atoms with Crippen LogP contribution in [0.5, 0.6) is 0 Å². The number of aromatic nitrogens is 1.